The van der Waals surface area contributed by atoms with Crippen LogP contribution < -0.4 is 5.32 Å². The lowest BCUT2D eigenvalue weighted by molar-refractivity contribution is 0.378. The quantitative estimate of drug-likeness (QED) is 0.609. The van der Waals surface area contributed by atoms with Crippen molar-refractivity contribution in [3.8, 4) is 0 Å². The fraction of sp³-hybridized carbons (Fsp3) is 0.467. The van der Waals surface area contributed by atoms with E-state index in [-0.39, 0.29) is 0 Å². The average Bonchev–Trinajstić information content (AvgIpc) is 3.12. The van der Waals surface area contributed by atoms with Crippen LogP contribution in [0.5, 0.6) is 0 Å². The van der Waals surface area contributed by atoms with Gasteiger partial charge in [-0.3, -0.25) is 0 Å². The summed E-state index contributed by atoms with van der Waals surface area (Å²) in [5, 5.41) is 7.30. The lowest BCUT2D eigenvalue weighted by Gasteiger charge is -2.21. The number of halogens is 1. The van der Waals surface area contributed by atoms with Crippen LogP contribution in [0.3, 0.4) is 0 Å². The van der Waals surface area contributed by atoms with E-state index in [4.69, 9.17) is 4.52 Å². The summed E-state index contributed by atoms with van der Waals surface area (Å²) in [4.78, 5) is 8.02. The summed E-state index contributed by atoms with van der Waals surface area (Å²) in [6.45, 7) is 6.26. The molecule has 2 rings (SSSR count). The molecule has 7 heteroatoms. The van der Waals surface area contributed by atoms with Crippen molar-refractivity contribution in [3.05, 3.63) is 38.3 Å². The first-order valence-electron chi connectivity index (χ1n) is 7.30. The third-order valence-electron chi connectivity index (χ3n) is 3.07. The first kappa shape index (κ1) is 17.0. The van der Waals surface area contributed by atoms with Crippen molar-refractivity contribution in [1.82, 2.24) is 15.4 Å². The second kappa shape index (κ2) is 8.33. The lowest BCUT2D eigenvalue weighted by Crippen LogP contribution is -2.38. The van der Waals surface area contributed by atoms with E-state index in [1.165, 1.54) is 4.88 Å². The molecule has 5 nitrogen and oxygen atoms in total. The number of aliphatic imine (C=N–C) groups is 1. The van der Waals surface area contributed by atoms with E-state index in [0.29, 0.717) is 6.54 Å². The van der Waals surface area contributed by atoms with Crippen molar-refractivity contribution in [3.63, 3.8) is 0 Å². The van der Waals surface area contributed by atoms with E-state index in [0.717, 1.165) is 40.7 Å². The number of guanidine groups is 1. The molecule has 2 aromatic heterocycles. The molecule has 22 heavy (non-hydrogen) atoms. The van der Waals surface area contributed by atoms with Gasteiger partial charge in [0.25, 0.3) is 0 Å². The summed E-state index contributed by atoms with van der Waals surface area (Å²) in [7, 11) is 2.03. The molecule has 0 unspecified atom stereocenters. The Morgan fingerprint density at radius 3 is 2.86 bits per heavy atom. The molecule has 0 saturated heterocycles. The van der Waals surface area contributed by atoms with E-state index in [1.54, 1.807) is 11.3 Å². The molecule has 0 aliphatic rings. The highest BCUT2D eigenvalue weighted by atomic mass is 79.9. The largest absolute Gasteiger partial charge is 0.359 e. The molecule has 0 bridgehead atoms. The standard InChI is InChI=1S/C15H21BrN4OS/c1-4-11-8-12(21-19-11)9-18-15(17-5-2)20(3)10-13-6-7-14(16)22-13/h6-8H,4-5,9-10H2,1-3H3,(H,17,18). The first-order chi connectivity index (χ1) is 10.6. The number of aryl methyl sites for hydroxylation is 1. The van der Waals surface area contributed by atoms with Crippen LogP contribution in [0.15, 0.2) is 31.5 Å². The Labute approximate surface area is 143 Å². The number of hydrogen-bond donors (Lipinski definition) is 1. The van der Waals surface area contributed by atoms with Crippen LogP contribution in [0.25, 0.3) is 0 Å². The van der Waals surface area contributed by atoms with Gasteiger partial charge in [0, 0.05) is 24.5 Å². The predicted molar refractivity (Wildman–Crippen MR) is 94.2 cm³/mol. The van der Waals surface area contributed by atoms with Crippen LogP contribution in [-0.2, 0) is 19.5 Å². The Balaban J connectivity index is 2.02. The highest BCUT2D eigenvalue weighted by molar-refractivity contribution is 9.11. The number of nitrogens with zero attached hydrogens (tertiary/aromatic N) is 3. The fourth-order valence-electron chi connectivity index (χ4n) is 1.96. The van der Waals surface area contributed by atoms with E-state index < -0.39 is 0 Å². The Bertz CT molecular complexity index is 623. The molecule has 1 N–H and O–H groups in total. The molecule has 120 valence electrons. The van der Waals surface area contributed by atoms with Gasteiger partial charge in [0.15, 0.2) is 11.7 Å². The van der Waals surface area contributed by atoms with Gasteiger partial charge in [-0.2, -0.15) is 0 Å². The normalized spacial score (nSPS) is 11.7. The zero-order valence-electron chi connectivity index (χ0n) is 13.1. The Hall–Kier alpha value is -1.34. The number of rotatable bonds is 6. The second-order valence-corrected chi connectivity index (χ2v) is 7.42. The van der Waals surface area contributed by atoms with Crippen LogP contribution in [0.4, 0.5) is 0 Å². The summed E-state index contributed by atoms with van der Waals surface area (Å²) in [5.41, 5.74) is 0.965. The molecule has 0 atom stereocenters. The maximum absolute atomic E-state index is 5.28. The van der Waals surface area contributed by atoms with Crippen LogP contribution in [-0.4, -0.2) is 29.6 Å². The van der Waals surface area contributed by atoms with Gasteiger partial charge in [-0.1, -0.05) is 12.1 Å². The minimum atomic E-state index is 0.494. The molecule has 0 fully saturated rings. The van der Waals surface area contributed by atoms with Gasteiger partial charge in [0.05, 0.1) is 16.0 Å². The van der Waals surface area contributed by atoms with Crippen molar-refractivity contribution in [1.29, 1.82) is 0 Å². The third kappa shape index (κ3) is 4.84. The smallest absolute Gasteiger partial charge is 0.194 e. The summed E-state index contributed by atoms with van der Waals surface area (Å²) >= 11 is 5.23. The number of nitrogens with one attached hydrogen (secondary N) is 1. The van der Waals surface area contributed by atoms with Crippen molar-refractivity contribution in [2.24, 2.45) is 4.99 Å². The molecule has 0 aliphatic carbocycles. The molecular weight excluding hydrogens is 364 g/mol. The van der Waals surface area contributed by atoms with Crippen LogP contribution >= 0.6 is 27.3 Å². The molecule has 2 aromatic rings. The molecule has 0 aliphatic heterocycles. The summed E-state index contributed by atoms with van der Waals surface area (Å²) < 4.78 is 6.42. The Kier molecular flexibility index (Phi) is 6.45. The third-order valence-corrected chi connectivity index (χ3v) is 4.68. The first-order valence-corrected chi connectivity index (χ1v) is 8.91. The highest BCUT2D eigenvalue weighted by Gasteiger charge is 2.09. The number of aromatic nitrogens is 1. The van der Waals surface area contributed by atoms with Gasteiger partial charge >= 0.3 is 0 Å². The van der Waals surface area contributed by atoms with Gasteiger partial charge in [0.1, 0.15) is 6.54 Å². The van der Waals surface area contributed by atoms with E-state index >= 15 is 0 Å². The average molecular weight is 385 g/mol. The highest BCUT2D eigenvalue weighted by Crippen LogP contribution is 2.23. The Morgan fingerprint density at radius 1 is 1.45 bits per heavy atom. The minimum Gasteiger partial charge on any atom is -0.359 e. The maximum Gasteiger partial charge on any atom is 0.194 e. The summed E-state index contributed by atoms with van der Waals surface area (Å²) in [5.74, 6) is 1.65. The van der Waals surface area contributed by atoms with Gasteiger partial charge < -0.3 is 14.7 Å². The molecule has 0 spiro atoms. The van der Waals surface area contributed by atoms with E-state index in [1.807, 2.05) is 13.1 Å². The lowest BCUT2D eigenvalue weighted by atomic mass is 10.3. The SMILES string of the molecule is CCNC(=NCc1cc(CC)no1)N(C)Cc1ccc(Br)s1. The van der Waals surface area contributed by atoms with Gasteiger partial charge in [0.2, 0.25) is 0 Å². The van der Waals surface area contributed by atoms with E-state index in [2.05, 4.69) is 62.3 Å². The van der Waals surface area contributed by atoms with E-state index in [9.17, 15) is 0 Å². The maximum atomic E-state index is 5.28. The molecule has 0 amide bonds. The number of thiophene rings is 1. The van der Waals surface area contributed by atoms with Gasteiger partial charge in [-0.15, -0.1) is 11.3 Å². The zero-order valence-corrected chi connectivity index (χ0v) is 15.5. The summed E-state index contributed by atoms with van der Waals surface area (Å²) in [6, 6.07) is 6.15. The molecule has 0 aromatic carbocycles. The molecule has 0 saturated carbocycles. The molecule has 0 radical (unpaired) electrons. The fourth-order valence-corrected chi connectivity index (χ4v) is 3.50. The Morgan fingerprint density at radius 2 is 2.27 bits per heavy atom. The molecule has 2 heterocycles. The minimum absolute atomic E-state index is 0.494. The zero-order chi connectivity index (χ0) is 15.9. The van der Waals surface area contributed by atoms with Crippen molar-refractivity contribution >= 4 is 33.2 Å². The van der Waals surface area contributed by atoms with Crippen molar-refractivity contribution < 1.29 is 4.52 Å². The summed E-state index contributed by atoms with van der Waals surface area (Å²) in [6.07, 6.45) is 0.875. The second-order valence-electron chi connectivity index (χ2n) is 4.87. The number of hydrogen-bond acceptors (Lipinski definition) is 4. The van der Waals surface area contributed by atoms with Crippen LogP contribution in [0, 0.1) is 0 Å². The predicted octanol–water partition coefficient (Wildman–Crippen LogP) is 3.66. The molecular formula is C15H21BrN4OS. The van der Waals surface area contributed by atoms with Gasteiger partial charge in [-0.05, 0) is 41.4 Å². The van der Waals surface area contributed by atoms with Crippen molar-refractivity contribution in [2.75, 3.05) is 13.6 Å². The topological polar surface area (TPSA) is 53.7 Å². The van der Waals surface area contributed by atoms with Crippen LogP contribution in [0.2, 0.25) is 0 Å². The van der Waals surface area contributed by atoms with Gasteiger partial charge in [-0.25, -0.2) is 4.99 Å². The van der Waals surface area contributed by atoms with Crippen LogP contribution in [0.1, 0.15) is 30.2 Å². The van der Waals surface area contributed by atoms with Crippen molar-refractivity contribution in [2.45, 2.75) is 33.4 Å². The monoisotopic (exact) mass is 384 g/mol.